The van der Waals surface area contributed by atoms with Crippen molar-refractivity contribution in [3.8, 4) is 0 Å². The molecule has 0 aliphatic carbocycles. The van der Waals surface area contributed by atoms with Crippen LogP contribution in [0.3, 0.4) is 0 Å². The van der Waals surface area contributed by atoms with E-state index in [1.807, 2.05) is 0 Å². The number of rotatable bonds is 2. The Morgan fingerprint density at radius 1 is 1.85 bits per heavy atom. The van der Waals surface area contributed by atoms with Gasteiger partial charge in [-0.3, -0.25) is 0 Å². The average molecular weight is 246 g/mol. The van der Waals surface area contributed by atoms with Crippen molar-refractivity contribution in [2.45, 2.75) is 6.56 Å². The highest BCUT2D eigenvalue weighted by molar-refractivity contribution is 9.10. The molecule has 2 heterocycles. The third kappa shape index (κ3) is 1.59. The van der Waals surface area contributed by atoms with Gasteiger partial charge in [-0.2, -0.15) is 0 Å². The average Bonchev–Trinajstić information content (AvgIpc) is 2.58. The van der Waals surface area contributed by atoms with Crippen LogP contribution in [-0.4, -0.2) is 17.0 Å². The van der Waals surface area contributed by atoms with E-state index < -0.39 is 13.6 Å². The summed E-state index contributed by atoms with van der Waals surface area (Å²) in [6.07, 6.45) is 1.66. The molecule has 0 aromatic carbocycles. The van der Waals surface area contributed by atoms with Crippen LogP contribution in [0, 0.1) is 0 Å². The van der Waals surface area contributed by atoms with Gasteiger partial charge in [-0.05, 0) is 28.1 Å². The van der Waals surface area contributed by atoms with E-state index >= 15 is 0 Å². The van der Waals surface area contributed by atoms with E-state index in [0.717, 1.165) is 0 Å². The molecule has 4 heteroatoms. The van der Waals surface area contributed by atoms with Crippen molar-refractivity contribution in [3.63, 3.8) is 0 Å². The summed E-state index contributed by atoms with van der Waals surface area (Å²) in [6, 6.07) is 3.21. The van der Waals surface area contributed by atoms with Gasteiger partial charge in [0.15, 0.2) is 0 Å². The van der Waals surface area contributed by atoms with Crippen LogP contribution in [0.25, 0.3) is 11.0 Å². The Morgan fingerprint density at radius 3 is 3.62 bits per heavy atom. The number of fused-ring (bicyclic) bond motifs is 1. The number of aromatic amines is 1. The smallest absolute Gasteiger partial charge is 0.138 e. The standard InChI is InChI=1S/C9H9BrN2O/c1-13-5-7-4-6-2-3-11-9(6)12-8(7)10/h2-4H,5H2,1H3,(H,11,12)/i1D3,5D2. The van der Waals surface area contributed by atoms with Crippen molar-refractivity contribution in [1.29, 1.82) is 0 Å². The molecule has 0 saturated carbocycles. The van der Waals surface area contributed by atoms with Gasteiger partial charge in [0.25, 0.3) is 0 Å². The van der Waals surface area contributed by atoms with Gasteiger partial charge in [-0.15, -0.1) is 0 Å². The zero-order chi connectivity index (χ0) is 13.6. The highest BCUT2D eigenvalue weighted by Gasteiger charge is 2.04. The van der Waals surface area contributed by atoms with Crippen LogP contribution in [0.5, 0.6) is 0 Å². The highest BCUT2D eigenvalue weighted by atomic mass is 79.9. The summed E-state index contributed by atoms with van der Waals surface area (Å²) in [5.74, 6) is 0. The topological polar surface area (TPSA) is 37.9 Å². The van der Waals surface area contributed by atoms with Gasteiger partial charge < -0.3 is 9.72 Å². The van der Waals surface area contributed by atoms with Crippen molar-refractivity contribution in [2.24, 2.45) is 0 Å². The van der Waals surface area contributed by atoms with Gasteiger partial charge in [0, 0.05) is 24.2 Å². The normalized spacial score (nSPS) is 18.7. The lowest BCUT2D eigenvalue weighted by molar-refractivity contribution is 0.184. The fraction of sp³-hybridized carbons (Fsp3) is 0.222. The molecule has 0 aliphatic heterocycles. The molecule has 0 amide bonds. The molecule has 0 fully saturated rings. The number of hydrogen-bond donors (Lipinski definition) is 1. The van der Waals surface area contributed by atoms with Crippen molar-refractivity contribution < 1.29 is 11.6 Å². The predicted molar refractivity (Wildman–Crippen MR) is 54.5 cm³/mol. The molecule has 2 aromatic heterocycles. The second-order valence-electron chi connectivity index (χ2n) is 2.45. The van der Waals surface area contributed by atoms with E-state index in [9.17, 15) is 0 Å². The van der Waals surface area contributed by atoms with Crippen molar-refractivity contribution >= 4 is 27.0 Å². The molecule has 2 aromatic rings. The fourth-order valence-electron chi connectivity index (χ4n) is 1.09. The molecule has 68 valence electrons. The molecule has 3 nitrogen and oxygen atoms in total. The number of halogens is 1. The van der Waals surface area contributed by atoms with Crippen LogP contribution in [0.1, 0.15) is 12.4 Å². The predicted octanol–water partition coefficient (Wildman–Crippen LogP) is 2.47. The van der Waals surface area contributed by atoms with Gasteiger partial charge in [0.1, 0.15) is 10.3 Å². The minimum Gasteiger partial charge on any atom is -0.380 e. The first-order valence-corrected chi connectivity index (χ1v) is 4.33. The molecular formula is C9H9BrN2O. The van der Waals surface area contributed by atoms with Crippen LogP contribution < -0.4 is 0 Å². The van der Waals surface area contributed by atoms with Gasteiger partial charge in [0.2, 0.25) is 0 Å². The molecule has 0 unspecified atom stereocenters. The Hall–Kier alpha value is -0.870. The number of H-pyrrole nitrogens is 1. The minimum absolute atomic E-state index is 0.0331. The Morgan fingerprint density at radius 2 is 2.77 bits per heavy atom. The first-order chi connectivity index (χ1) is 8.19. The number of nitrogens with zero attached hydrogens (tertiary/aromatic N) is 1. The van der Waals surface area contributed by atoms with Crippen LogP contribution >= 0.6 is 15.9 Å². The van der Waals surface area contributed by atoms with E-state index in [0.29, 0.717) is 11.0 Å². The summed E-state index contributed by atoms with van der Waals surface area (Å²) in [4.78, 5) is 6.96. The fourth-order valence-corrected chi connectivity index (χ4v) is 1.46. The quantitative estimate of drug-likeness (QED) is 0.826. The zero-order valence-electron chi connectivity index (χ0n) is 11.5. The van der Waals surface area contributed by atoms with Gasteiger partial charge in [0.05, 0.1) is 13.4 Å². The van der Waals surface area contributed by atoms with Gasteiger partial charge in [-0.1, -0.05) is 0 Å². The molecule has 0 radical (unpaired) electrons. The van der Waals surface area contributed by atoms with Crippen molar-refractivity contribution in [2.75, 3.05) is 7.04 Å². The monoisotopic (exact) mass is 245 g/mol. The van der Waals surface area contributed by atoms with E-state index in [1.165, 1.54) is 6.07 Å². The summed E-state index contributed by atoms with van der Waals surface area (Å²) >= 11 is 3.11. The zero-order valence-corrected chi connectivity index (χ0v) is 8.05. The number of ether oxygens (including phenoxy) is 1. The SMILES string of the molecule is [2H]C([2H])([2H])OC([2H])([2H])c1cc2cc[nH]c2nc1Br. The molecule has 0 spiro atoms. The second kappa shape index (κ2) is 3.47. The number of hydrogen-bond acceptors (Lipinski definition) is 2. The van der Waals surface area contributed by atoms with Crippen molar-refractivity contribution in [1.82, 2.24) is 9.97 Å². The molecule has 1 N–H and O–H groups in total. The Labute approximate surface area is 91.3 Å². The summed E-state index contributed by atoms with van der Waals surface area (Å²) in [6.45, 7) is -2.46. The summed E-state index contributed by atoms with van der Waals surface area (Å²) in [5.41, 5.74) is 0.612. The molecule has 0 saturated heterocycles. The Bertz CT molecular complexity index is 580. The van der Waals surface area contributed by atoms with E-state index in [2.05, 4.69) is 30.6 Å². The molecular weight excluding hydrogens is 232 g/mol. The van der Waals surface area contributed by atoms with Crippen LogP contribution in [0.2, 0.25) is 0 Å². The van der Waals surface area contributed by atoms with Crippen LogP contribution in [-0.2, 0) is 11.3 Å². The lowest BCUT2D eigenvalue weighted by atomic mass is 10.2. The lowest BCUT2D eigenvalue weighted by Crippen LogP contribution is -1.91. The Balaban J connectivity index is 2.48. The largest absolute Gasteiger partial charge is 0.380 e. The van der Waals surface area contributed by atoms with E-state index in [4.69, 9.17) is 6.85 Å². The summed E-state index contributed by atoms with van der Waals surface area (Å²) in [7, 11) is -2.82. The number of aromatic nitrogens is 2. The van der Waals surface area contributed by atoms with E-state index in [-0.39, 0.29) is 10.2 Å². The van der Waals surface area contributed by atoms with Crippen LogP contribution in [0.15, 0.2) is 22.9 Å². The number of pyridine rings is 1. The third-order valence-electron chi connectivity index (χ3n) is 1.65. The lowest BCUT2D eigenvalue weighted by Gasteiger charge is -2.01. The van der Waals surface area contributed by atoms with Crippen LogP contribution in [0.4, 0.5) is 0 Å². The first kappa shape index (κ1) is 4.57. The van der Waals surface area contributed by atoms with Gasteiger partial charge >= 0.3 is 0 Å². The maximum Gasteiger partial charge on any atom is 0.138 e. The van der Waals surface area contributed by atoms with E-state index in [1.54, 1.807) is 12.3 Å². The molecule has 0 bridgehead atoms. The highest BCUT2D eigenvalue weighted by Crippen LogP contribution is 2.20. The summed E-state index contributed by atoms with van der Waals surface area (Å²) < 4.78 is 41.0. The van der Waals surface area contributed by atoms with Gasteiger partial charge in [-0.25, -0.2) is 4.98 Å². The Kier molecular flexibility index (Phi) is 1.22. The molecule has 0 atom stereocenters. The maximum atomic E-state index is 7.70. The molecule has 0 aliphatic rings. The second-order valence-corrected chi connectivity index (χ2v) is 3.20. The maximum absolute atomic E-state index is 7.70. The molecule has 2 rings (SSSR count). The third-order valence-corrected chi connectivity index (χ3v) is 2.25. The number of methoxy groups -OCH3 is 1. The summed E-state index contributed by atoms with van der Waals surface area (Å²) in [5, 5.41) is 0.672. The van der Waals surface area contributed by atoms with Crippen molar-refractivity contribution in [3.05, 3.63) is 28.5 Å². The first-order valence-electron chi connectivity index (χ1n) is 6.03. The number of nitrogens with one attached hydrogen (secondary N) is 1. The minimum atomic E-state index is -2.82. The molecule has 13 heavy (non-hydrogen) atoms.